The molecular formula is C24H38N2O3S. The molecule has 1 aliphatic carbocycles. The minimum Gasteiger partial charge on any atom is -0.485 e. The third-order valence-electron chi connectivity index (χ3n) is 4.72. The van der Waals surface area contributed by atoms with Crippen LogP contribution in [0.3, 0.4) is 0 Å². The summed E-state index contributed by atoms with van der Waals surface area (Å²) in [6.07, 6.45) is 14.6. The summed E-state index contributed by atoms with van der Waals surface area (Å²) in [5.41, 5.74) is 7.13. The number of nitrogen functional groups attached to an aromatic ring is 1. The van der Waals surface area contributed by atoms with Gasteiger partial charge in [-0.05, 0) is 55.1 Å². The van der Waals surface area contributed by atoms with E-state index in [9.17, 15) is 4.79 Å². The van der Waals surface area contributed by atoms with Crippen molar-refractivity contribution in [2.24, 2.45) is 5.92 Å². The molecular weight excluding hydrogens is 396 g/mol. The summed E-state index contributed by atoms with van der Waals surface area (Å²) in [5.74, 6) is 2.77. The number of hydrogen-bond donors (Lipinski definition) is 1. The largest absolute Gasteiger partial charge is 0.485 e. The Kier molecular flexibility index (Phi) is 14.6. The van der Waals surface area contributed by atoms with Crippen LogP contribution in [0.15, 0.2) is 41.0 Å². The summed E-state index contributed by atoms with van der Waals surface area (Å²) in [7, 11) is 0. The lowest BCUT2D eigenvalue weighted by atomic mass is 10.0. The number of thioether (sulfide) groups is 1. The molecule has 5 nitrogen and oxygen atoms in total. The van der Waals surface area contributed by atoms with Crippen LogP contribution >= 0.6 is 11.8 Å². The molecule has 1 aliphatic rings. The van der Waals surface area contributed by atoms with Crippen molar-refractivity contribution in [3.63, 3.8) is 0 Å². The zero-order valence-electron chi connectivity index (χ0n) is 18.8. The van der Waals surface area contributed by atoms with Crippen molar-refractivity contribution in [3.05, 3.63) is 35.9 Å². The van der Waals surface area contributed by atoms with Gasteiger partial charge >= 0.3 is 0 Å². The van der Waals surface area contributed by atoms with Crippen LogP contribution in [0.4, 0.5) is 5.82 Å². The minimum atomic E-state index is 0.474. The standard InChI is InChI=1S/C15H20N2OS.C9H18O2/c1-2-10-19-14-9-8-13(15(16)17-14)18-11-12-6-4-3-5-7-12;1-3-5-6-9(4-2)7-11-8-10/h4,6-9H,2-3,5,10-11H2,1H3,(H2,16,17);8-9H,3-7H2,1-2H3. The number of hydrogen-bond acceptors (Lipinski definition) is 6. The number of aromatic nitrogens is 1. The number of ether oxygens (including phenoxy) is 2. The number of anilines is 1. The lowest BCUT2D eigenvalue weighted by Crippen LogP contribution is -2.07. The topological polar surface area (TPSA) is 74.4 Å². The van der Waals surface area contributed by atoms with Crippen LogP contribution in [-0.4, -0.2) is 30.4 Å². The fourth-order valence-electron chi connectivity index (χ4n) is 2.86. The second kappa shape index (κ2) is 16.8. The number of pyridine rings is 1. The molecule has 0 aliphatic heterocycles. The van der Waals surface area contributed by atoms with Crippen LogP contribution in [0.2, 0.25) is 0 Å². The van der Waals surface area contributed by atoms with Gasteiger partial charge < -0.3 is 15.2 Å². The van der Waals surface area contributed by atoms with Crippen LogP contribution < -0.4 is 10.5 Å². The molecule has 1 heterocycles. The summed E-state index contributed by atoms with van der Waals surface area (Å²) in [6.45, 7) is 8.15. The van der Waals surface area contributed by atoms with E-state index in [4.69, 9.17) is 15.2 Å². The fourth-order valence-corrected chi connectivity index (χ4v) is 3.60. The van der Waals surface area contributed by atoms with Gasteiger partial charge in [0.25, 0.3) is 6.47 Å². The molecule has 1 aromatic rings. The van der Waals surface area contributed by atoms with Crippen LogP contribution in [0.1, 0.15) is 65.7 Å². The zero-order valence-corrected chi connectivity index (χ0v) is 19.6. The number of carbonyl (C=O) groups excluding carboxylic acids is 1. The maximum Gasteiger partial charge on any atom is 0.293 e. The van der Waals surface area contributed by atoms with Crippen molar-refractivity contribution in [3.8, 4) is 5.75 Å². The maximum absolute atomic E-state index is 9.88. The summed E-state index contributed by atoms with van der Waals surface area (Å²) in [5, 5.41) is 0.962. The van der Waals surface area contributed by atoms with Crippen molar-refractivity contribution in [2.75, 3.05) is 24.7 Å². The van der Waals surface area contributed by atoms with Gasteiger partial charge in [0.1, 0.15) is 6.61 Å². The highest BCUT2D eigenvalue weighted by atomic mass is 32.2. The number of nitrogens with zero attached hydrogens (tertiary/aromatic N) is 1. The smallest absolute Gasteiger partial charge is 0.293 e. The van der Waals surface area contributed by atoms with E-state index < -0.39 is 0 Å². The third-order valence-corrected chi connectivity index (χ3v) is 5.86. The van der Waals surface area contributed by atoms with Crippen LogP contribution in [-0.2, 0) is 9.53 Å². The summed E-state index contributed by atoms with van der Waals surface area (Å²) in [4.78, 5) is 14.2. The zero-order chi connectivity index (χ0) is 22.0. The van der Waals surface area contributed by atoms with Gasteiger partial charge in [0.15, 0.2) is 11.6 Å². The molecule has 0 bridgehead atoms. The molecule has 1 atom stereocenters. The van der Waals surface area contributed by atoms with Crippen LogP contribution in [0.25, 0.3) is 0 Å². The van der Waals surface area contributed by atoms with Gasteiger partial charge in [0.2, 0.25) is 0 Å². The highest BCUT2D eigenvalue weighted by Crippen LogP contribution is 2.25. The molecule has 0 amide bonds. The normalized spacial score (nSPS) is 13.6. The van der Waals surface area contributed by atoms with E-state index in [-0.39, 0.29) is 0 Å². The van der Waals surface area contributed by atoms with Crippen molar-refractivity contribution >= 4 is 24.1 Å². The number of carbonyl (C=O) groups is 1. The van der Waals surface area contributed by atoms with Crippen molar-refractivity contribution in [1.82, 2.24) is 4.98 Å². The molecule has 30 heavy (non-hydrogen) atoms. The first-order chi connectivity index (χ1) is 14.6. The van der Waals surface area contributed by atoms with Gasteiger partial charge in [-0.25, -0.2) is 4.98 Å². The summed E-state index contributed by atoms with van der Waals surface area (Å²) in [6, 6.07) is 3.88. The van der Waals surface area contributed by atoms with E-state index in [2.05, 4.69) is 44.0 Å². The van der Waals surface area contributed by atoms with E-state index in [1.54, 1.807) is 11.8 Å². The van der Waals surface area contributed by atoms with Crippen molar-refractivity contribution in [2.45, 2.75) is 70.7 Å². The molecule has 0 fully saturated rings. The van der Waals surface area contributed by atoms with Gasteiger partial charge in [-0.15, -0.1) is 11.8 Å². The Labute approximate surface area is 186 Å². The van der Waals surface area contributed by atoms with Crippen molar-refractivity contribution < 1.29 is 14.3 Å². The second-order valence-corrected chi connectivity index (χ2v) is 8.39. The van der Waals surface area contributed by atoms with Gasteiger partial charge in [0.05, 0.1) is 11.6 Å². The first kappa shape index (κ1) is 26.1. The van der Waals surface area contributed by atoms with E-state index in [1.807, 2.05) is 12.1 Å². The van der Waals surface area contributed by atoms with Gasteiger partial charge in [-0.1, -0.05) is 58.3 Å². The monoisotopic (exact) mass is 434 g/mol. The lowest BCUT2D eigenvalue weighted by Gasteiger charge is -2.11. The quantitative estimate of drug-likeness (QED) is 0.294. The first-order valence-corrected chi connectivity index (χ1v) is 12.1. The van der Waals surface area contributed by atoms with E-state index >= 15 is 0 Å². The number of nitrogens with two attached hydrogens (primary N) is 1. The SMILES string of the molecule is CCCCC(CC)COC=O.CCCSc1ccc(OCC2=CCCC=C2)c(N)n1. The predicted molar refractivity (Wildman–Crippen MR) is 127 cm³/mol. The van der Waals surface area contributed by atoms with Gasteiger partial charge in [0, 0.05) is 0 Å². The Morgan fingerprint density at radius 3 is 2.67 bits per heavy atom. The average Bonchev–Trinajstić information content (AvgIpc) is 2.78. The van der Waals surface area contributed by atoms with Crippen molar-refractivity contribution in [1.29, 1.82) is 0 Å². The van der Waals surface area contributed by atoms with Crippen LogP contribution in [0, 0.1) is 5.92 Å². The van der Waals surface area contributed by atoms with E-state index in [1.165, 1.54) is 24.8 Å². The first-order valence-electron chi connectivity index (χ1n) is 11.1. The highest BCUT2D eigenvalue weighted by Gasteiger charge is 2.06. The number of unbranched alkanes of at least 4 members (excludes halogenated alkanes) is 1. The van der Waals surface area contributed by atoms with E-state index in [0.717, 1.165) is 36.5 Å². The Morgan fingerprint density at radius 1 is 1.23 bits per heavy atom. The second-order valence-electron chi connectivity index (χ2n) is 7.27. The molecule has 2 rings (SSSR count). The minimum absolute atomic E-state index is 0.474. The molecule has 0 spiro atoms. The fraction of sp³-hybridized carbons (Fsp3) is 0.583. The molecule has 0 radical (unpaired) electrons. The molecule has 1 unspecified atom stereocenters. The maximum atomic E-state index is 9.88. The summed E-state index contributed by atoms with van der Waals surface area (Å²) < 4.78 is 10.4. The Morgan fingerprint density at radius 2 is 2.07 bits per heavy atom. The molecule has 1 aromatic heterocycles. The third kappa shape index (κ3) is 11.3. The molecule has 168 valence electrons. The number of rotatable bonds is 13. The highest BCUT2D eigenvalue weighted by molar-refractivity contribution is 7.99. The summed E-state index contributed by atoms with van der Waals surface area (Å²) >= 11 is 1.72. The Bertz CT molecular complexity index is 662. The van der Waals surface area contributed by atoms with E-state index in [0.29, 0.717) is 37.2 Å². The van der Waals surface area contributed by atoms with Gasteiger partial charge in [-0.2, -0.15) is 0 Å². The average molecular weight is 435 g/mol. The predicted octanol–water partition coefficient (Wildman–Crippen LogP) is 6.20. The molecule has 0 aromatic carbocycles. The van der Waals surface area contributed by atoms with Gasteiger partial charge in [-0.3, -0.25) is 4.79 Å². The van der Waals surface area contributed by atoms with Crippen LogP contribution in [0.5, 0.6) is 5.75 Å². The number of allylic oxidation sites excluding steroid dienone is 2. The Hall–Kier alpha value is -1.95. The Balaban J connectivity index is 0.000000352. The molecule has 2 N–H and O–H groups in total. The molecule has 0 saturated carbocycles. The molecule has 6 heteroatoms. The molecule has 0 saturated heterocycles. The lowest BCUT2D eigenvalue weighted by molar-refractivity contribution is -0.130.